The standard InChI is InChI=1S/C30H39F3N6O4/c31-30(32,33)29(42-19-20-8-3-1-4-9-20)14-6-2-5-10-22-11-7-17-38(22)26-23(21-12-15-34-16-13-21)18-24(39(40)41)25(35-26)27-36-37-28(29)43-27/h1,3-4,8-9,12-13,15-16,22-28,35-37H,2,5-7,10-11,14,17-19H2/t22-,23?,24?,25?,26?,27?,28?,29?/m0/s1. The van der Waals surface area contributed by atoms with Gasteiger partial charge < -0.3 is 9.47 Å². The Morgan fingerprint density at radius 1 is 1.07 bits per heavy atom. The van der Waals surface area contributed by atoms with E-state index in [1.54, 1.807) is 42.7 Å². The first-order valence-corrected chi connectivity index (χ1v) is 15.2. The molecule has 5 heterocycles. The summed E-state index contributed by atoms with van der Waals surface area (Å²) in [6, 6.07) is 10.8. The number of pyridine rings is 1. The molecule has 0 aliphatic carbocycles. The molecule has 4 saturated heterocycles. The molecule has 4 bridgehead atoms. The number of hydrazine groups is 1. The number of nitrogens with one attached hydrogen (secondary N) is 3. The summed E-state index contributed by atoms with van der Waals surface area (Å²) in [7, 11) is 0. The van der Waals surface area contributed by atoms with Crippen LogP contribution in [-0.4, -0.2) is 69.9 Å². The van der Waals surface area contributed by atoms with Crippen LogP contribution < -0.4 is 16.2 Å². The van der Waals surface area contributed by atoms with Gasteiger partial charge in [-0.15, -0.1) is 0 Å². The monoisotopic (exact) mass is 604 g/mol. The number of hydrogen-bond donors (Lipinski definition) is 3. The Labute approximate surface area is 248 Å². The van der Waals surface area contributed by atoms with Crippen molar-refractivity contribution in [3.63, 3.8) is 0 Å². The molecular formula is C30H39F3N6O4. The van der Waals surface area contributed by atoms with Crippen molar-refractivity contribution in [2.24, 2.45) is 0 Å². The van der Waals surface area contributed by atoms with Crippen molar-refractivity contribution in [3.8, 4) is 0 Å². The normalized spacial score (nSPS) is 35.7. The van der Waals surface area contributed by atoms with Crippen LogP contribution in [0.15, 0.2) is 54.9 Å². The van der Waals surface area contributed by atoms with Gasteiger partial charge in [0.15, 0.2) is 6.23 Å². The van der Waals surface area contributed by atoms with Gasteiger partial charge >= 0.3 is 6.18 Å². The molecule has 1 aromatic heterocycles. The zero-order valence-electron chi connectivity index (χ0n) is 23.9. The van der Waals surface area contributed by atoms with Gasteiger partial charge in [0.05, 0.1) is 12.8 Å². The summed E-state index contributed by atoms with van der Waals surface area (Å²) in [6.07, 6.45) is 0.130. The van der Waals surface area contributed by atoms with Crippen molar-refractivity contribution < 1.29 is 27.6 Å². The fourth-order valence-corrected chi connectivity index (χ4v) is 7.41. The van der Waals surface area contributed by atoms with E-state index in [0.29, 0.717) is 18.4 Å². The highest BCUT2D eigenvalue weighted by molar-refractivity contribution is 5.21. The quantitative estimate of drug-likeness (QED) is 0.341. The van der Waals surface area contributed by atoms with Crippen LogP contribution in [0.4, 0.5) is 13.2 Å². The third-order valence-corrected chi connectivity index (χ3v) is 9.63. The molecule has 43 heavy (non-hydrogen) atoms. The SMILES string of the molecule is O=[N+]([O-])C1CC(c2ccncc2)C2NC1C1NNC(O1)C(OCc1ccccc1)(C(F)(F)F)CCCCC[C@H]1CCCN21. The summed E-state index contributed by atoms with van der Waals surface area (Å²) in [4.78, 5) is 18.7. The van der Waals surface area contributed by atoms with Crippen LogP contribution in [0.3, 0.4) is 0 Å². The first kappa shape index (κ1) is 30.4. The van der Waals surface area contributed by atoms with Crippen LogP contribution in [0, 0.1) is 10.1 Å². The van der Waals surface area contributed by atoms with E-state index < -0.39 is 36.3 Å². The predicted octanol–water partition coefficient (Wildman–Crippen LogP) is 4.22. The number of ether oxygens (including phenoxy) is 2. The number of nitro groups is 1. The Bertz CT molecular complexity index is 1230. The van der Waals surface area contributed by atoms with Crippen molar-refractivity contribution >= 4 is 0 Å². The number of piperidine rings is 1. The van der Waals surface area contributed by atoms with Crippen LogP contribution in [0.1, 0.15) is 68.4 Å². The molecule has 0 radical (unpaired) electrons. The molecule has 4 aliphatic heterocycles. The Hall–Kier alpha value is -2.68. The summed E-state index contributed by atoms with van der Waals surface area (Å²) in [5, 5.41) is 16.0. The molecule has 4 fully saturated rings. The number of benzene rings is 1. The Morgan fingerprint density at radius 2 is 1.84 bits per heavy atom. The maximum atomic E-state index is 15.1. The minimum Gasteiger partial charge on any atom is -0.357 e. The van der Waals surface area contributed by atoms with Gasteiger partial charge in [0.2, 0.25) is 11.6 Å². The molecule has 234 valence electrons. The van der Waals surface area contributed by atoms with E-state index in [9.17, 15) is 10.1 Å². The molecule has 6 rings (SSSR count). The molecule has 8 atom stereocenters. The van der Waals surface area contributed by atoms with E-state index >= 15 is 13.2 Å². The number of rotatable bonds is 5. The lowest BCUT2D eigenvalue weighted by atomic mass is 9.81. The third kappa shape index (κ3) is 6.16. The summed E-state index contributed by atoms with van der Waals surface area (Å²) >= 11 is 0. The molecule has 4 aliphatic rings. The predicted molar refractivity (Wildman–Crippen MR) is 151 cm³/mol. The molecule has 7 unspecified atom stereocenters. The molecule has 10 nitrogen and oxygen atoms in total. The molecular weight excluding hydrogens is 565 g/mol. The second-order valence-corrected chi connectivity index (χ2v) is 12.1. The van der Waals surface area contributed by atoms with E-state index in [1.807, 2.05) is 12.1 Å². The van der Waals surface area contributed by atoms with Crippen molar-refractivity contribution in [2.45, 2.75) is 112 Å². The summed E-state index contributed by atoms with van der Waals surface area (Å²) in [5.41, 5.74) is 4.47. The number of aromatic nitrogens is 1. The van der Waals surface area contributed by atoms with E-state index in [4.69, 9.17) is 9.47 Å². The van der Waals surface area contributed by atoms with Crippen molar-refractivity contribution in [1.29, 1.82) is 0 Å². The van der Waals surface area contributed by atoms with Gasteiger partial charge in [0, 0.05) is 35.7 Å². The average molecular weight is 605 g/mol. The van der Waals surface area contributed by atoms with Crippen LogP contribution in [0.2, 0.25) is 0 Å². The number of fused-ring (bicyclic) bond motifs is 7. The molecule has 3 N–H and O–H groups in total. The smallest absolute Gasteiger partial charge is 0.357 e. The van der Waals surface area contributed by atoms with E-state index in [-0.39, 0.29) is 42.5 Å². The van der Waals surface area contributed by atoms with Crippen LogP contribution in [0.25, 0.3) is 0 Å². The molecule has 2 aromatic rings. The Kier molecular flexibility index (Phi) is 8.99. The maximum absolute atomic E-state index is 15.1. The van der Waals surface area contributed by atoms with Crippen LogP contribution >= 0.6 is 0 Å². The maximum Gasteiger partial charge on any atom is 0.421 e. The molecule has 0 saturated carbocycles. The Morgan fingerprint density at radius 3 is 2.58 bits per heavy atom. The highest BCUT2D eigenvalue weighted by atomic mass is 19.4. The Balaban J connectivity index is 1.34. The minimum absolute atomic E-state index is 0.197. The zero-order valence-corrected chi connectivity index (χ0v) is 23.9. The first-order chi connectivity index (χ1) is 20.8. The number of alkyl halides is 3. The van der Waals surface area contributed by atoms with Gasteiger partial charge in [-0.05, 0) is 55.5 Å². The fourth-order valence-electron chi connectivity index (χ4n) is 7.41. The minimum atomic E-state index is -4.77. The van der Waals surface area contributed by atoms with Crippen LogP contribution in [0.5, 0.6) is 0 Å². The summed E-state index contributed by atoms with van der Waals surface area (Å²) in [5.74, 6) is -0.197. The molecule has 0 amide bonds. The van der Waals surface area contributed by atoms with Crippen molar-refractivity contribution in [1.82, 2.24) is 26.1 Å². The van der Waals surface area contributed by atoms with Gasteiger partial charge in [-0.1, -0.05) is 49.6 Å². The van der Waals surface area contributed by atoms with E-state index in [0.717, 1.165) is 37.8 Å². The second kappa shape index (κ2) is 12.7. The molecule has 13 heteroatoms. The fraction of sp³-hybridized carbons (Fsp3) is 0.633. The lowest BCUT2D eigenvalue weighted by Crippen LogP contribution is -2.67. The highest BCUT2D eigenvalue weighted by Gasteiger charge is 2.64. The van der Waals surface area contributed by atoms with E-state index in [2.05, 4.69) is 26.1 Å². The molecule has 0 spiro atoms. The van der Waals surface area contributed by atoms with Crippen LogP contribution in [-0.2, 0) is 16.1 Å². The van der Waals surface area contributed by atoms with Gasteiger partial charge in [-0.2, -0.15) is 13.2 Å². The number of nitrogens with zero attached hydrogens (tertiary/aromatic N) is 3. The lowest BCUT2D eigenvalue weighted by Gasteiger charge is -2.46. The molecule has 1 aromatic carbocycles. The first-order valence-electron chi connectivity index (χ1n) is 15.2. The van der Waals surface area contributed by atoms with Gasteiger partial charge in [-0.25, -0.2) is 10.9 Å². The van der Waals surface area contributed by atoms with E-state index in [1.165, 1.54) is 0 Å². The third-order valence-electron chi connectivity index (χ3n) is 9.63. The van der Waals surface area contributed by atoms with Gasteiger partial charge in [0.25, 0.3) is 0 Å². The second-order valence-electron chi connectivity index (χ2n) is 12.1. The zero-order chi connectivity index (χ0) is 30.0. The summed E-state index contributed by atoms with van der Waals surface area (Å²) in [6.45, 7) is 0.600. The van der Waals surface area contributed by atoms with Gasteiger partial charge in [0.1, 0.15) is 12.3 Å². The topological polar surface area (TPSA) is 114 Å². The lowest BCUT2D eigenvalue weighted by molar-refractivity contribution is -0.534. The number of halogens is 3. The summed E-state index contributed by atoms with van der Waals surface area (Å²) < 4.78 is 57.2. The average Bonchev–Trinajstić information content (AvgIpc) is 3.68. The number of hydrogen-bond acceptors (Lipinski definition) is 9. The largest absolute Gasteiger partial charge is 0.421 e. The van der Waals surface area contributed by atoms with Crippen molar-refractivity contribution in [3.05, 3.63) is 76.1 Å². The highest BCUT2D eigenvalue weighted by Crippen LogP contribution is 2.44. The van der Waals surface area contributed by atoms with Gasteiger partial charge in [-0.3, -0.25) is 25.3 Å². The van der Waals surface area contributed by atoms with Crippen molar-refractivity contribution in [2.75, 3.05) is 6.54 Å².